The van der Waals surface area contributed by atoms with E-state index in [1.165, 1.54) is 0 Å². The fourth-order valence-electron chi connectivity index (χ4n) is 5.02. The van der Waals surface area contributed by atoms with Gasteiger partial charge in [-0.3, -0.25) is 4.79 Å². The number of hydrogen-bond acceptors (Lipinski definition) is 6. The first kappa shape index (κ1) is 31.4. The van der Waals surface area contributed by atoms with Crippen molar-refractivity contribution in [3.63, 3.8) is 0 Å². The van der Waals surface area contributed by atoms with Crippen molar-refractivity contribution in [3.05, 3.63) is 41.0 Å². The van der Waals surface area contributed by atoms with Gasteiger partial charge in [0, 0.05) is 18.7 Å². The first-order chi connectivity index (χ1) is 18.2. The quantitative estimate of drug-likeness (QED) is 0.261. The molecule has 0 unspecified atom stereocenters. The molecule has 0 radical (unpaired) electrons. The van der Waals surface area contributed by atoms with Gasteiger partial charge in [-0.1, -0.05) is 59.2 Å². The second kappa shape index (κ2) is 13.0. The number of benzene rings is 1. The minimum atomic E-state index is -1.80. The van der Waals surface area contributed by atoms with Gasteiger partial charge in [0.15, 0.2) is 19.3 Å². The molecule has 1 aromatic carbocycles. The first-order valence-electron chi connectivity index (χ1n) is 14.2. The normalized spacial score (nSPS) is 19.1. The van der Waals surface area contributed by atoms with Gasteiger partial charge in [-0.25, -0.2) is 0 Å². The van der Waals surface area contributed by atoms with Gasteiger partial charge in [0.2, 0.25) is 0 Å². The number of carboxylic acids is 1. The maximum absolute atomic E-state index is 11.4. The van der Waals surface area contributed by atoms with Crippen LogP contribution in [-0.4, -0.2) is 48.3 Å². The van der Waals surface area contributed by atoms with Crippen LogP contribution in [-0.2, 0) is 9.22 Å². The number of carbonyl (C=O) groups is 1. The molecule has 216 valence electrons. The van der Waals surface area contributed by atoms with Crippen molar-refractivity contribution in [2.75, 3.05) is 16.8 Å². The van der Waals surface area contributed by atoms with Crippen molar-refractivity contribution >= 4 is 43.1 Å². The highest BCUT2D eigenvalue weighted by Crippen LogP contribution is 2.41. The molecule has 3 rings (SSSR count). The van der Waals surface area contributed by atoms with Crippen molar-refractivity contribution < 1.29 is 14.3 Å². The van der Waals surface area contributed by atoms with E-state index in [9.17, 15) is 9.90 Å². The Hall–Kier alpha value is -2.16. The summed E-state index contributed by atoms with van der Waals surface area (Å²) in [5.74, 6) is 0.150. The third kappa shape index (κ3) is 8.66. The third-order valence-electron chi connectivity index (χ3n) is 8.19. The lowest BCUT2D eigenvalue weighted by atomic mass is 9.90. The maximum atomic E-state index is 11.4. The predicted octanol–water partition coefficient (Wildman–Crippen LogP) is 8.25. The SMILES string of the molecule is CC(C)CN(c1ccc([C@H](C)CC(=O)O)cc1Nc1ccc(Cl)nn1)C1CCC(O[Si](C)(C)C(C)(C)C)CC1. The lowest BCUT2D eigenvalue weighted by Gasteiger charge is -2.44. The molecule has 1 aliphatic carbocycles. The Morgan fingerprint density at radius 2 is 1.79 bits per heavy atom. The smallest absolute Gasteiger partial charge is 0.303 e. The van der Waals surface area contributed by atoms with Crippen molar-refractivity contribution in [2.24, 2.45) is 5.92 Å². The van der Waals surface area contributed by atoms with Crippen LogP contribution >= 0.6 is 11.6 Å². The molecule has 0 amide bonds. The minimum Gasteiger partial charge on any atom is -0.481 e. The molecule has 0 saturated heterocycles. The summed E-state index contributed by atoms with van der Waals surface area (Å²) in [4.78, 5) is 13.9. The molecule has 1 fully saturated rings. The average molecular weight is 575 g/mol. The fourth-order valence-corrected chi connectivity index (χ4v) is 6.54. The molecule has 2 aromatic rings. The summed E-state index contributed by atoms with van der Waals surface area (Å²) in [5.41, 5.74) is 2.98. The summed E-state index contributed by atoms with van der Waals surface area (Å²) >= 11 is 5.97. The number of nitrogens with zero attached hydrogens (tertiary/aromatic N) is 3. The van der Waals surface area contributed by atoms with E-state index in [4.69, 9.17) is 16.0 Å². The number of hydrogen-bond donors (Lipinski definition) is 2. The van der Waals surface area contributed by atoms with E-state index < -0.39 is 14.3 Å². The highest BCUT2D eigenvalue weighted by atomic mass is 35.5. The number of halogens is 1. The predicted molar refractivity (Wildman–Crippen MR) is 164 cm³/mol. The van der Waals surface area contributed by atoms with Crippen molar-refractivity contribution in [2.45, 2.75) is 110 Å². The number of nitrogens with one attached hydrogen (secondary N) is 1. The lowest BCUT2D eigenvalue weighted by Crippen LogP contribution is -2.47. The van der Waals surface area contributed by atoms with Crippen LogP contribution in [0.3, 0.4) is 0 Å². The Balaban J connectivity index is 1.90. The Morgan fingerprint density at radius 1 is 1.13 bits per heavy atom. The molecule has 1 aliphatic rings. The van der Waals surface area contributed by atoms with Crippen molar-refractivity contribution in [1.82, 2.24) is 10.2 Å². The van der Waals surface area contributed by atoms with Crippen molar-refractivity contribution in [3.8, 4) is 0 Å². The van der Waals surface area contributed by atoms with E-state index in [-0.39, 0.29) is 17.4 Å². The molecule has 1 aromatic heterocycles. The van der Waals surface area contributed by atoms with Crippen LogP contribution in [0.5, 0.6) is 0 Å². The van der Waals surface area contributed by atoms with Crippen LogP contribution < -0.4 is 10.2 Å². The van der Waals surface area contributed by atoms with E-state index in [1.807, 2.05) is 13.0 Å². The standard InChI is InChI=1S/C30H47ClN4O3Si/c1-20(2)19-35(23-10-12-24(13-11-23)38-39(7,8)30(4,5)6)26-14-9-22(21(3)17-29(36)37)18-25(26)32-28-16-15-27(31)33-34-28/h9,14-16,18,20-21,23-24H,10-13,17,19H2,1-8H3,(H,32,34)(H,36,37)/t21-,23?,24?/m1/s1. The number of carboxylic acid groups (broad SMARTS) is 1. The largest absolute Gasteiger partial charge is 0.481 e. The highest BCUT2D eigenvalue weighted by Gasteiger charge is 2.40. The Bertz CT molecular complexity index is 1100. The van der Waals surface area contributed by atoms with Crippen LogP contribution in [0, 0.1) is 5.92 Å². The lowest BCUT2D eigenvalue weighted by molar-refractivity contribution is -0.137. The Labute approximate surface area is 240 Å². The summed E-state index contributed by atoms with van der Waals surface area (Å²) in [6.45, 7) is 19.0. The molecule has 1 heterocycles. The van der Waals surface area contributed by atoms with Gasteiger partial charge in [0.25, 0.3) is 0 Å². The van der Waals surface area contributed by atoms with E-state index in [2.05, 4.69) is 86.3 Å². The summed E-state index contributed by atoms with van der Waals surface area (Å²) in [6.07, 6.45) is 4.67. The molecule has 1 atom stereocenters. The number of aliphatic carboxylic acids is 1. The fraction of sp³-hybridized carbons (Fsp3) is 0.633. The van der Waals surface area contributed by atoms with E-state index >= 15 is 0 Å². The minimum absolute atomic E-state index is 0.0769. The Kier molecular flexibility index (Phi) is 10.5. The monoisotopic (exact) mass is 574 g/mol. The van der Waals surface area contributed by atoms with Crippen LogP contribution in [0.2, 0.25) is 23.3 Å². The molecule has 0 spiro atoms. The topological polar surface area (TPSA) is 87.6 Å². The van der Waals surface area contributed by atoms with E-state index in [0.717, 1.165) is 49.2 Å². The van der Waals surface area contributed by atoms with Gasteiger partial charge in [0.05, 0.1) is 17.8 Å². The summed E-state index contributed by atoms with van der Waals surface area (Å²) in [6, 6.07) is 10.2. The second-order valence-corrected chi connectivity index (χ2v) is 18.1. The summed E-state index contributed by atoms with van der Waals surface area (Å²) in [7, 11) is -1.80. The maximum Gasteiger partial charge on any atom is 0.303 e. The summed E-state index contributed by atoms with van der Waals surface area (Å²) < 4.78 is 6.78. The Morgan fingerprint density at radius 3 is 2.33 bits per heavy atom. The molecule has 0 aliphatic heterocycles. The number of rotatable bonds is 11. The van der Waals surface area contributed by atoms with E-state index in [1.54, 1.807) is 6.07 Å². The molecule has 9 heteroatoms. The zero-order chi connectivity index (χ0) is 29.0. The van der Waals surface area contributed by atoms with Crippen LogP contribution in [0.15, 0.2) is 30.3 Å². The zero-order valence-electron chi connectivity index (χ0n) is 24.9. The molecule has 39 heavy (non-hydrogen) atoms. The van der Waals surface area contributed by atoms with Crippen LogP contribution in [0.1, 0.15) is 85.1 Å². The number of aromatic nitrogens is 2. The molecule has 7 nitrogen and oxygen atoms in total. The first-order valence-corrected chi connectivity index (χ1v) is 17.5. The second-order valence-electron chi connectivity index (χ2n) is 13.0. The molecule has 0 bridgehead atoms. The van der Waals surface area contributed by atoms with Crippen LogP contribution in [0.4, 0.5) is 17.2 Å². The van der Waals surface area contributed by atoms with Crippen molar-refractivity contribution in [1.29, 1.82) is 0 Å². The molecular formula is C30H47ClN4O3Si. The third-order valence-corrected chi connectivity index (χ3v) is 12.9. The average Bonchev–Trinajstić information content (AvgIpc) is 2.83. The zero-order valence-corrected chi connectivity index (χ0v) is 26.7. The van der Waals surface area contributed by atoms with E-state index in [0.29, 0.717) is 29.0 Å². The van der Waals surface area contributed by atoms with Gasteiger partial charge < -0.3 is 19.7 Å². The van der Waals surface area contributed by atoms with Gasteiger partial charge in [-0.15, -0.1) is 10.2 Å². The van der Waals surface area contributed by atoms with Gasteiger partial charge in [0.1, 0.15) is 0 Å². The van der Waals surface area contributed by atoms with Gasteiger partial charge >= 0.3 is 5.97 Å². The van der Waals surface area contributed by atoms with Crippen LogP contribution in [0.25, 0.3) is 0 Å². The van der Waals surface area contributed by atoms with Gasteiger partial charge in [-0.05, 0) is 85.5 Å². The highest BCUT2D eigenvalue weighted by molar-refractivity contribution is 6.74. The van der Waals surface area contributed by atoms with Gasteiger partial charge in [-0.2, -0.15) is 0 Å². The molecule has 1 saturated carbocycles. The molecular weight excluding hydrogens is 528 g/mol. The summed E-state index contributed by atoms with van der Waals surface area (Å²) in [5, 5.41) is 21.6. The molecule has 2 N–H and O–H groups in total. The number of anilines is 3.